The van der Waals surface area contributed by atoms with Crippen LogP contribution < -0.4 is 14.4 Å². The Kier molecular flexibility index (Phi) is 5.46. The van der Waals surface area contributed by atoms with E-state index in [1.165, 1.54) is 10.6 Å². The molecule has 0 aliphatic carbocycles. The number of para-hydroxylation sites is 1. The average Bonchev–Trinajstić information content (AvgIpc) is 2.64. The predicted octanol–water partition coefficient (Wildman–Crippen LogP) is 2.21. The van der Waals surface area contributed by atoms with Gasteiger partial charge in [0.15, 0.2) is 0 Å². The number of sulfonamides is 1. The largest absolute Gasteiger partial charge is 0.492 e. The van der Waals surface area contributed by atoms with E-state index in [0.717, 1.165) is 24.2 Å². The van der Waals surface area contributed by atoms with Crippen LogP contribution in [0.25, 0.3) is 0 Å². The number of hydrogen-bond donors (Lipinski definition) is 1. The van der Waals surface area contributed by atoms with E-state index < -0.39 is 10.0 Å². The summed E-state index contributed by atoms with van der Waals surface area (Å²) in [5, 5.41) is 2.82. The molecular weight excluding hydrogens is 352 g/mol. The normalized spacial score (nSPS) is 13.8. The number of carbonyl (C=O) groups is 1. The Morgan fingerprint density at radius 2 is 1.96 bits per heavy atom. The first-order valence-electron chi connectivity index (χ1n) is 8.52. The van der Waals surface area contributed by atoms with Gasteiger partial charge in [-0.05, 0) is 48.7 Å². The van der Waals surface area contributed by atoms with Gasteiger partial charge in [-0.1, -0.05) is 18.2 Å². The summed E-state index contributed by atoms with van der Waals surface area (Å²) in [5.41, 5.74) is 2.08. The molecule has 0 saturated heterocycles. The molecule has 26 heavy (non-hydrogen) atoms. The van der Waals surface area contributed by atoms with Crippen molar-refractivity contribution in [2.75, 3.05) is 30.3 Å². The van der Waals surface area contributed by atoms with Gasteiger partial charge in [0.05, 0.1) is 18.5 Å². The van der Waals surface area contributed by atoms with Gasteiger partial charge >= 0.3 is 0 Å². The number of carbonyl (C=O) groups excluding carboxylic acids is 1. The highest BCUT2D eigenvalue weighted by Gasteiger charge is 2.24. The van der Waals surface area contributed by atoms with Crippen LogP contribution in [-0.2, 0) is 16.4 Å². The van der Waals surface area contributed by atoms with E-state index in [-0.39, 0.29) is 5.91 Å². The zero-order chi connectivity index (χ0) is 18.6. The van der Waals surface area contributed by atoms with Gasteiger partial charge in [0, 0.05) is 12.1 Å². The number of amides is 1. The third-order valence-corrected chi connectivity index (χ3v) is 5.40. The number of nitrogens with one attached hydrogen (secondary N) is 1. The monoisotopic (exact) mass is 374 g/mol. The molecule has 0 saturated carbocycles. The van der Waals surface area contributed by atoms with Gasteiger partial charge < -0.3 is 10.1 Å². The third kappa shape index (κ3) is 4.35. The summed E-state index contributed by atoms with van der Waals surface area (Å²) < 4.78 is 30.7. The summed E-state index contributed by atoms with van der Waals surface area (Å²) in [4.78, 5) is 12.3. The highest BCUT2D eigenvalue weighted by atomic mass is 32.2. The minimum Gasteiger partial charge on any atom is -0.492 e. The highest BCUT2D eigenvalue weighted by Crippen LogP contribution is 2.29. The number of nitrogens with zero attached hydrogens (tertiary/aromatic N) is 1. The van der Waals surface area contributed by atoms with Crippen molar-refractivity contribution in [1.29, 1.82) is 0 Å². The van der Waals surface area contributed by atoms with E-state index in [0.29, 0.717) is 30.9 Å². The second-order valence-corrected chi connectivity index (χ2v) is 8.11. The van der Waals surface area contributed by atoms with Crippen LogP contribution >= 0.6 is 0 Å². The summed E-state index contributed by atoms with van der Waals surface area (Å²) >= 11 is 0. The maximum atomic E-state index is 12.3. The molecule has 138 valence electrons. The van der Waals surface area contributed by atoms with E-state index in [2.05, 4.69) is 5.32 Å². The van der Waals surface area contributed by atoms with Gasteiger partial charge in [0.25, 0.3) is 5.91 Å². The SMILES string of the molecule is CS(=O)(=O)N1CCCc2cc(C(=O)NCCOc3ccccc3)ccc21. The van der Waals surface area contributed by atoms with Gasteiger partial charge in [-0.15, -0.1) is 0 Å². The number of benzene rings is 2. The lowest BCUT2D eigenvalue weighted by Crippen LogP contribution is -2.35. The Morgan fingerprint density at radius 1 is 1.19 bits per heavy atom. The molecule has 0 spiro atoms. The molecule has 1 heterocycles. The fraction of sp³-hybridized carbons (Fsp3) is 0.316. The first kappa shape index (κ1) is 18.3. The molecule has 2 aromatic carbocycles. The van der Waals surface area contributed by atoms with Crippen molar-refractivity contribution >= 4 is 21.6 Å². The zero-order valence-electron chi connectivity index (χ0n) is 14.6. The smallest absolute Gasteiger partial charge is 0.251 e. The number of rotatable bonds is 6. The van der Waals surface area contributed by atoms with Crippen LogP contribution in [-0.4, -0.2) is 40.3 Å². The van der Waals surface area contributed by atoms with Crippen LogP contribution in [0.15, 0.2) is 48.5 Å². The topological polar surface area (TPSA) is 75.7 Å². The molecule has 0 unspecified atom stereocenters. The van der Waals surface area contributed by atoms with Crippen LogP contribution in [0.3, 0.4) is 0 Å². The summed E-state index contributed by atoms with van der Waals surface area (Å²) in [6, 6.07) is 14.6. The quantitative estimate of drug-likeness (QED) is 0.787. The number of anilines is 1. The molecule has 2 aromatic rings. The van der Waals surface area contributed by atoms with Gasteiger partial charge in [0.2, 0.25) is 10.0 Å². The number of hydrogen-bond acceptors (Lipinski definition) is 4. The molecule has 0 radical (unpaired) electrons. The van der Waals surface area contributed by atoms with E-state index >= 15 is 0 Å². The molecule has 3 rings (SSSR count). The minimum atomic E-state index is -3.30. The lowest BCUT2D eigenvalue weighted by atomic mass is 10.0. The number of ether oxygens (including phenoxy) is 1. The first-order valence-corrected chi connectivity index (χ1v) is 10.4. The lowest BCUT2D eigenvalue weighted by molar-refractivity contribution is 0.0947. The molecule has 1 aliphatic heterocycles. The molecule has 7 heteroatoms. The zero-order valence-corrected chi connectivity index (χ0v) is 15.5. The number of fused-ring (bicyclic) bond motifs is 1. The summed E-state index contributed by atoms with van der Waals surface area (Å²) in [6.07, 6.45) is 2.71. The number of aryl methyl sites for hydroxylation is 1. The molecule has 0 aromatic heterocycles. The van der Waals surface area contributed by atoms with Crippen molar-refractivity contribution in [2.24, 2.45) is 0 Å². The maximum Gasteiger partial charge on any atom is 0.251 e. The second kappa shape index (κ2) is 7.78. The predicted molar refractivity (Wildman–Crippen MR) is 101 cm³/mol. The summed E-state index contributed by atoms with van der Waals surface area (Å²) in [5.74, 6) is 0.567. The van der Waals surface area contributed by atoms with Crippen molar-refractivity contribution in [2.45, 2.75) is 12.8 Å². The van der Waals surface area contributed by atoms with Crippen molar-refractivity contribution in [3.8, 4) is 5.75 Å². The standard InChI is InChI=1S/C19H22N2O4S/c1-26(23,24)21-12-5-6-15-14-16(9-10-18(15)21)19(22)20-11-13-25-17-7-3-2-4-8-17/h2-4,7-10,14H,5-6,11-13H2,1H3,(H,20,22). The fourth-order valence-corrected chi connectivity index (χ4v) is 4.00. The van der Waals surface area contributed by atoms with Crippen molar-refractivity contribution in [3.63, 3.8) is 0 Å². The Balaban J connectivity index is 1.60. The third-order valence-electron chi connectivity index (χ3n) is 4.22. The van der Waals surface area contributed by atoms with Gasteiger partial charge in [0.1, 0.15) is 12.4 Å². The van der Waals surface area contributed by atoms with Crippen LogP contribution in [0.4, 0.5) is 5.69 Å². The van der Waals surface area contributed by atoms with E-state index in [9.17, 15) is 13.2 Å². The Bertz CT molecular complexity index is 882. The maximum absolute atomic E-state index is 12.3. The van der Waals surface area contributed by atoms with Crippen LogP contribution in [0.1, 0.15) is 22.3 Å². The Morgan fingerprint density at radius 3 is 2.69 bits per heavy atom. The summed E-state index contributed by atoms with van der Waals surface area (Å²) in [7, 11) is -3.30. The Labute approximate surface area is 153 Å². The second-order valence-electron chi connectivity index (χ2n) is 6.20. The molecule has 1 amide bonds. The van der Waals surface area contributed by atoms with E-state index in [1.807, 2.05) is 30.3 Å². The molecule has 0 fully saturated rings. The van der Waals surface area contributed by atoms with Crippen molar-refractivity contribution < 1.29 is 17.9 Å². The molecular formula is C19H22N2O4S. The van der Waals surface area contributed by atoms with Crippen LogP contribution in [0.2, 0.25) is 0 Å². The Hall–Kier alpha value is -2.54. The first-order chi connectivity index (χ1) is 12.4. The van der Waals surface area contributed by atoms with Crippen LogP contribution in [0.5, 0.6) is 5.75 Å². The minimum absolute atomic E-state index is 0.194. The average molecular weight is 374 g/mol. The van der Waals surface area contributed by atoms with Crippen molar-refractivity contribution in [1.82, 2.24) is 5.32 Å². The van der Waals surface area contributed by atoms with E-state index in [4.69, 9.17) is 4.74 Å². The molecule has 0 bridgehead atoms. The van der Waals surface area contributed by atoms with Gasteiger partial charge in [-0.3, -0.25) is 9.10 Å². The van der Waals surface area contributed by atoms with Crippen LogP contribution in [0, 0.1) is 0 Å². The lowest BCUT2D eigenvalue weighted by Gasteiger charge is -2.29. The summed E-state index contributed by atoms with van der Waals surface area (Å²) in [6.45, 7) is 1.25. The van der Waals surface area contributed by atoms with Crippen molar-refractivity contribution in [3.05, 3.63) is 59.7 Å². The van der Waals surface area contributed by atoms with Gasteiger partial charge in [-0.25, -0.2) is 8.42 Å². The highest BCUT2D eigenvalue weighted by molar-refractivity contribution is 7.92. The molecule has 1 aliphatic rings. The van der Waals surface area contributed by atoms with Gasteiger partial charge in [-0.2, -0.15) is 0 Å². The van der Waals surface area contributed by atoms with E-state index in [1.54, 1.807) is 18.2 Å². The molecule has 1 N–H and O–H groups in total. The molecule has 6 nitrogen and oxygen atoms in total. The fourth-order valence-electron chi connectivity index (χ4n) is 3.00. The molecule has 0 atom stereocenters.